The SMILES string of the molecule is COc1ccc(CCNC(=O)c2ccc(NC(C)=O)cc2)c(C)c1C. The summed E-state index contributed by atoms with van der Waals surface area (Å²) in [4.78, 5) is 23.2. The van der Waals surface area contributed by atoms with Gasteiger partial charge < -0.3 is 15.4 Å². The van der Waals surface area contributed by atoms with Crippen molar-refractivity contribution in [1.29, 1.82) is 0 Å². The van der Waals surface area contributed by atoms with E-state index in [0.29, 0.717) is 17.8 Å². The lowest BCUT2D eigenvalue weighted by Crippen LogP contribution is -2.25. The molecule has 2 amide bonds. The van der Waals surface area contributed by atoms with E-state index in [4.69, 9.17) is 4.74 Å². The summed E-state index contributed by atoms with van der Waals surface area (Å²) in [7, 11) is 1.67. The summed E-state index contributed by atoms with van der Waals surface area (Å²) >= 11 is 0. The van der Waals surface area contributed by atoms with Crippen LogP contribution in [0, 0.1) is 13.8 Å². The van der Waals surface area contributed by atoms with Crippen molar-refractivity contribution in [2.24, 2.45) is 0 Å². The van der Waals surface area contributed by atoms with E-state index in [-0.39, 0.29) is 11.8 Å². The third-order valence-electron chi connectivity index (χ3n) is 4.22. The molecule has 2 N–H and O–H groups in total. The summed E-state index contributed by atoms with van der Waals surface area (Å²) in [5.41, 5.74) is 4.75. The van der Waals surface area contributed by atoms with Crippen LogP contribution in [0.2, 0.25) is 0 Å². The maximum atomic E-state index is 12.2. The van der Waals surface area contributed by atoms with Gasteiger partial charge in [-0.3, -0.25) is 9.59 Å². The first-order valence-electron chi connectivity index (χ1n) is 8.21. The Morgan fingerprint density at radius 1 is 1.00 bits per heavy atom. The van der Waals surface area contributed by atoms with Crippen molar-refractivity contribution in [3.63, 3.8) is 0 Å². The normalized spacial score (nSPS) is 10.2. The van der Waals surface area contributed by atoms with Gasteiger partial charge in [0.25, 0.3) is 5.91 Å². The van der Waals surface area contributed by atoms with Crippen LogP contribution in [0.4, 0.5) is 5.69 Å². The summed E-state index contributed by atoms with van der Waals surface area (Å²) < 4.78 is 5.32. The van der Waals surface area contributed by atoms with Crippen molar-refractivity contribution in [3.05, 3.63) is 58.7 Å². The van der Waals surface area contributed by atoms with E-state index in [0.717, 1.165) is 17.7 Å². The molecule has 5 nitrogen and oxygen atoms in total. The largest absolute Gasteiger partial charge is 0.496 e. The minimum absolute atomic E-state index is 0.128. The number of nitrogens with one attached hydrogen (secondary N) is 2. The van der Waals surface area contributed by atoms with Gasteiger partial charge >= 0.3 is 0 Å². The first-order chi connectivity index (χ1) is 11.9. The van der Waals surface area contributed by atoms with Crippen molar-refractivity contribution in [1.82, 2.24) is 5.32 Å². The first-order valence-corrected chi connectivity index (χ1v) is 8.21. The monoisotopic (exact) mass is 340 g/mol. The average Bonchev–Trinajstić information content (AvgIpc) is 2.59. The predicted octanol–water partition coefficient (Wildman–Crippen LogP) is 3.24. The molecule has 0 radical (unpaired) electrons. The Kier molecular flexibility index (Phi) is 6.17. The van der Waals surface area contributed by atoms with Crippen LogP contribution in [0.15, 0.2) is 36.4 Å². The molecular formula is C20H24N2O3. The maximum absolute atomic E-state index is 12.2. The first kappa shape index (κ1) is 18.5. The molecule has 0 heterocycles. The highest BCUT2D eigenvalue weighted by atomic mass is 16.5. The van der Waals surface area contributed by atoms with Crippen LogP contribution in [-0.2, 0) is 11.2 Å². The van der Waals surface area contributed by atoms with Gasteiger partial charge in [-0.1, -0.05) is 6.07 Å². The molecule has 2 aromatic rings. The van der Waals surface area contributed by atoms with E-state index in [1.165, 1.54) is 18.1 Å². The van der Waals surface area contributed by atoms with Crippen molar-refractivity contribution < 1.29 is 14.3 Å². The number of rotatable bonds is 6. The molecular weight excluding hydrogens is 316 g/mol. The third-order valence-corrected chi connectivity index (χ3v) is 4.22. The van der Waals surface area contributed by atoms with Gasteiger partial charge in [0.15, 0.2) is 0 Å². The fourth-order valence-corrected chi connectivity index (χ4v) is 2.66. The Hall–Kier alpha value is -2.82. The number of benzene rings is 2. The van der Waals surface area contributed by atoms with E-state index in [9.17, 15) is 9.59 Å². The van der Waals surface area contributed by atoms with Crippen LogP contribution in [0.3, 0.4) is 0 Å². The number of hydrogen-bond donors (Lipinski definition) is 2. The zero-order valence-electron chi connectivity index (χ0n) is 15.1. The Bertz CT molecular complexity index is 767. The molecule has 0 bridgehead atoms. The third kappa shape index (κ3) is 4.83. The molecule has 0 aliphatic carbocycles. The van der Waals surface area contributed by atoms with Gasteiger partial charge in [-0.2, -0.15) is 0 Å². The molecule has 0 saturated carbocycles. The maximum Gasteiger partial charge on any atom is 0.251 e. The zero-order chi connectivity index (χ0) is 18.4. The highest BCUT2D eigenvalue weighted by Gasteiger charge is 2.08. The van der Waals surface area contributed by atoms with Crippen LogP contribution in [0.1, 0.15) is 34.0 Å². The topological polar surface area (TPSA) is 67.4 Å². The van der Waals surface area contributed by atoms with Gasteiger partial charge in [0.2, 0.25) is 5.91 Å². The second-order valence-electron chi connectivity index (χ2n) is 5.94. The van der Waals surface area contributed by atoms with Crippen LogP contribution in [-0.4, -0.2) is 25.5 Å². The molecule has 0 saturated heterocycles. The molecule has 0 spiro atoms. The van der Waals surface area contributed by atoms with Crippen LogP contribution in [0.25, 0.3) is 0 Å². The molecule has 0 aliphatic heterocycles. The Balaban J connectivity index is 1.92. The second-order valence-corrected chi connectivity index (χ2v) is 5.94. The molecule has 5 heteroatoms. The molecule has 2 rings (SSSR count). The number of carbonyl (C=O) groups excluding carboxylic acids is 2. The smallest absolute Gasteiger partial charge is 0.251 e. The number of hydrogen-bond acceptors (Lipinski definition) is 3. The minimum atomic E-state index is -0.137. The second kappa shape index (κ2) is 8.33. The van der Waals surface area contributed by atoms with Crippen molar-refractivity contribution in [2.75, 3.05) is 19.0 Å². The van der Waals surface area contributed by atoms with Crippen molar-refractivity contribution >= 4 is 17.5 Å². The van der Waals surface area contributed by atoms with Gasteiger partial charge in [-0.05, 0) is 67.3 Å². The summed E-state index contributed by atoms with van der Waals surface area (Å²) in [5, 5.41) is 5.60. The van der Waals surface area contributed by atoms with Crippen LogP contribution < -0.4 is 15.4 Å². The van der Waals surface area contributed by atoms with E-state index < -0.39 is 0 Å². The molecule has 0 aromatic heterocycles. The lowest BCUT2D eigenvalue weighted by atomic mass is 10.00. The van der Waals surface area contributed by atoms with Crippen LogP contribution in [0.5, 0.6) is 5.75 Å². The fourth-order valence-electron chi connectivity index (χ4n) is 2.66. The highest BCUT2D eigenvalue weighted by molar-refractivity contribution is 5.95. The summed E-state index contributed by atoms with van der Waals surface area (Å²) in [6, 6.07) is 10.8. The Morgan fingerprint density at radius 3 is 2.28 bits per heavy atom. The van der Waals surface area contributed by atoms with Gasteiger partial charge in [0, 0.05) is 24.7 Å². The molecule has 2 aromatic carbocycles. The van der Waals surface area contributed by atoms with Crippen LogP contribution >= 0.6 is 0 Å². The van der Waals surface area contributed by atoms with E-state index in [1.807, 2.05) is 19.1 Å². The summed E-state index contributed by atoms with van der Waals surface area (Å²) in [6.45, 7) is 6.10. The molecule has 0 unspecified atom stereocenters. The van der Waals surface area contributed by atoms with Gasteiger partial charge in [0.05, 0.1) is 7.11 Å². The van der Waals surface area contributed by atoms with E-state index in [1.54, 1.807) is 31.4 Å². The number of methoxy groups -OCH3 is 1. The standard InChI is InChI=1S/C20H24N2O3/c1-13-14(2)19(25-4)10-7-16(13)11-12-21-20(24)17-5-8-18(9-6-17)22-15(3)23/h5-10H,11-12H2,1-4H3,(H,21,24)(H,22,23). The quantitative estimate of drug-likeness (QED) is 0.848. The molecule has 132 valence electrons. The fraction of sp³-hybridized carbons (Fsp3) is 0.300. The number of amides is 2. The van der Waals surface area contributed by atoms with Gasteiger partial charge in [0.1, 0.15) is 5.75 Å². The van der Waals surface area contributed by atoms with Gasteiger partial charge in [-0.25, -0.2) is 0 Å². The molecule has 25 heavy (non-hydrogen) atoms. The lowest BCUT2D eigenvalue weighted by Gasteiger charge is -2.13. The molecule has 0 atom stereocenters. The van der Waals surface area contributed by atoms with E-state index in [2.05, 4.69) is 17.6 Å². The highest BCUT2D eigenvalue weighted by Crippen LogP contribution is 2.24. The summed E-state index contributed by atoms with van der Waals surface area (Å²) in [6.07, 6.45) is 0.756. The van der Waals surface area contributed by atoms with E-state index >= 15 is 0 Å². The lowest BCUT2D eigenvalue weighted by molar-refractivity contribution is -0.114. The molecule has 0 fully saturated rings. The summed E-state index contributed by atoms with van der Waals surface area (Å²) in [5.74, 6) is 0.615. The Morgan fingerprint density at radius 2 is 1.68 bits per heavy atom. The van der Waals surface area contributed by atoms with Crippen molar-refractivity contribution in [3.8, 4) is 5.75 Å². The number of ether oxygens (including phenoxy) is 1. The van der Waals surface area contributed by atoms with Gasteiger partial charge in [-0.15, -0.1) is 0 Å². The predicted molar refractivity (Wildman–Crippen MR) is 99.3 cm³/mol. The number of carbonyl (C=O) groups is 2. The van der Waals surface area contributed by atoms with Crippen molar-refractivity contribution in [2.45, 2.75) is 27.2 Å². The minimum Gasteiger partial charge on any atom is -0.496 e. The molecule has 0 aliphatic rings. The zero-order valence-corrected chi connectivity index (χ0v) is 15.1. The number of anilines is 1. The Labute approximate surface area is 148 Å². The average molecular weight is 340 g/mol.